The topological polar surface area (TPSA) is 52.3 Å². The molecular weight excluding hydrogens is 241 g/mol. The number of hydrogen-bond acceptors (Lipinski definition) is 4. The Hall–Kier alpha value is -1.88. The number of halogens is 1. The van der Waals surface area contributed by atoms with Gasteiger partial charge in [0.1, 0.15) is 12.4 Å². The van der Waals surface area contributed by atoms with Gasteiger partial charge >= 0.3 is 5.97 Å². The Kier molecular flexibility index (Phi) is 3.39. The first-order chi connectivity index (χ1) is 8.16. The number of nitrogens with two attached hydrogens (primary N) is 1. The molecule has 0 aliphatic carbocycles. The maximum atomic E-state index is 13.1. The molecule has 0 fully saturated rings. The summed E-state index contributed by atoms with van der Waals surface area (Å²) in [5, 5.41) is 1.89. The van der Waals surface area contributed by atoms with Crippen LogP contribution in [0.5, 0.6) is 0 Å². The van der Waals surface area contributed by atoms with E-state index >= 15 is 0 Å². The summed E-state index contributed by atoms with van der Waals surface area (Å²) in [6.45, 7) is 0.197. The number of nitrogen functional groups attached to an aromatic ring is 1. The number of rotatable bonds is 3. The number of anilines is 1. The minimum atomic E-state index is -0.615. The quantitative estimate of drug-likeness (QED) is 0.674. The molecule has 17 heavy (non-hydrogen) atoms. The summed E-state index contributed by atoms with van der Waals surface area (Å²) >= 11 is 1.49. The van der Waals surface area contributed by atoms with E-state index in [9.17, 15) is 9.18 Å². The highest BCUT2D eigenvalue weighted by Gasteiger charge is 2.10. The van der Waals surface area contributed by atoms with Crippen LogP contribution in [-0.4, -0.2) is 5.97 Å². The van der Waals surface area contributed by atoms with E-state index in [1.807, 2.05) is 17.5 Å². The highest BCUT2D eigenvalue weighted by Crippen LogP contribution is 2.15. The first-order valence-corrected chi connectivity index (χ1v) is 5.79. The van der Waals surface area contributed by atoms with E-state index in [1.165, 1.54) is 23.5 Å². The molecule has 0 radical (unpaired) electrons. The summed E-state index contributed by atoms with van der Waals surface area (Å²) in [6.07, 6.45) is 0. The Balaban J connectivity index is 2.02. The van der Waals surface area contributed by atoms with Gasteiger partial charge in [0, 0.05) is 4.88 Å². The minimum Gasteiger partial charge on any atom is -0.456 e. The molecule has 0 saturated carbocycles. The van der Waals surface area contributed by atoms with Crippen molar-refractivity contribution in [3.8, 4) is 0 Å². The zero-order valence-corrected chi connectivity index (χ0v) is 9.67. The average molecular weight is 251 g/mol. The monoisotopic (exact) mass is 251 g/mol. The molecule has 1 aromatic carbocycles. The highest BCUT2D eigenvalue weighted by molar-refractivity contribution is 7.09. The molecule has 1 aromatic heterocycles. The lowest BCUT2D eigenvalue weighted by atomic mass is 10.2. The number of ether oxygens (including phenoxy) is 1. The summed E-state index contributed by atoms with van der Waals surface area (Å²) in [5.74, 6) is -1.17. The lowest BCUT2D eigenvalue weighted by molar-refractivity contribution is 0.0476. The predicted octanol–water partition coefficient (Wildman–Crippen LogP) is 2.83. The van der Waals surface area contributed by atoms with Gasteiger partial charge in [-0.25, -0.2) is 9.18 Å². The maximum absolute atomic E-state index is 13.1. The van der Waals surface area contributed by atoms with Gasteiger partial charge in [-0.2, -0.15) is 0 Å². The van der Waals surface area contributed by atoms with Gasteiger partial charge in [0.2, 0.25) is 0 Å². The predicted molar refractivity (Wildman–Crippen MR) is 64.3 cm³/mol. The van der Waals surface area contributed by atoms with E-state index in [4.69, 9.17) is 10.5 Å². The molecule has 0 bridgehead atoms. The highest BCUT2D eigenvalue weighted by atomic mass is 32.1. The second kappa shape index (κ2) is 4.97. The standard InChI is InChI=1S/C12H10FNO2S/c13-10-6-8(3-4-11(10)14)12(15)16-7-9-2-1-5-17-9/h1-6H,7,14H2. The van der Waals surface area contributed by atoms with Gasteiger partial charge in [0.15, 0.2) is 0 Å². The molecule has 0 unspecified atom stereocenters. The normalized spacial score (nSPS) is 10.2. The van der Waals surface area contributed by atoms with Crippen molar-refractivity contribution in [1.29, 1.82) is 0 Å². The van der Waals surface area contributed by atoms with Gasteiger partial charge < -0.3 is 10.5 Å². The van der Waals surface area contributed by atoms with Crippen LogP contribution in [0.3, 0.4) is 0 Å². The molecule has 1 heterocycles. The number of thiophene rings is 1. The van der Waals surface area contributed by atoms with Crippen molar-refractivity contribution in [3.63, 3.8) is 0 Å². The van der Waals surface area contributed by atoms with Gasteiger partial charge in [-0.1, -0.05) is 6.07 Å². The van der Waals surface area contributed by atoms with Gasteiger partial charge in [-0.05, 0) is 29.6 Å². The molecule has 5 heteroatoms. The second-order valence-electron chi connectivity index (χ2n) is 3.39. The Bertz CT molecular complexity index is 525. The van der Waals surface area contributed by atoms with Gasteiger partial charge in [-0.3, -0.25) is 0 Å². The summed E-state index contributed by atoms with van der Waals surface area (Å²) < 4.78 is 18.2. The summed E-state index contributed by atoms with van der Waals surface area (Å²) in [4.78, 5) is 12.5. The molecule has 0 spiro atoms. The molecule has 3 nitrogen and oxygen atoms in total. The van der Waals surface area contributed by atoms with Gasteiger partial charge in [0.25, 0.3) is 0 Å². The van der Waals surface area contributed by atoms with Crippen LogP contribution in [0.15, 0.2) is 35.7 Å². The molecule has 2 aromatic rings. The van der Waals surface area contributed by atoms with Crippen LogP contribution in [0.1, 0.15) is 15.2 Å². The number of carbonyl (C=O) groups is 1. The summed E-state index contributed by atoms with van der Waals surface area (Å²) in [5.41, 5.74) is 5.49. The summed E-state index contributed by atoms with van der Waals surface area (Å²) in [7, 11) is 0. The fraction of sp³-hybridized carbons (Fsp3) is 0.0833. The average Bonchev–Trinajstić information content (AvgIpc) is 2.82. The van der Waals surface area contributed by atoms with Crippen molar-refractivity contribution in [2.45, 2.75) is 6.61 Å². The van der Waals surface area contributed by atoms with Crippen LogP contribution >= 0.6 is 11.3 Å². The number of hydrogen-bond donors (Lipinski definition) is 1. The lowest BCUT2D eigenvalue weighted by Gasteiger charge is -2.04. The smallest absolute Gasteiger partial charge is 0.338 e. The molecule has 88 valence electrons. The van der Waals surface area contributed by atoms with Crippen molar-refractivity contribution in [2.24, 2.45) is 0 Å². The van der Waals surface area contributed by atoms with Crippen LogP contribution in [0.2, 0.25) is 0 Å². The lowest BCUT2D eigenvalue weighted by Crippen LogP contribution is -2.05. The van der Waals surface area contributed by atoms with Crippen LogP contribution in [0.25, 0.3) is 0 Å². The third kappa shape index (κ3) is 2.82. The van der Waals surface area contributed by atoms with E-state index in [0.29, 0.717) is 0 Å². The van der Waals surface area contributed by atoms with E-state index in [-0.39, 0.29) is 17.9 Å². The molecule has 0 aliphatic rings. The second-order valence-corrected chi connectivity index (χ2v) is 4.42. The minimum absolute atomic E-state index is 0.0137. The Morgan fingerprint density at radius 1 is 1.41 bits per heavy atom. The first-order valence-electron chi connectivity index (χ1n) is 4.91. The first kappa shape index (κ1) is 11.6. The zero-order valence-electron chi connectivity index (χ0n) is 8.85. The van der Waals surface area contributed by atoms with Crippen molar-refractivity contribution in [1.82, 2.24) is 0 Å². The van der Waals surface area contributed by atoms with Crippen molar-refractivity contribution < 1.29 is 13.9 Å². The van der Waals surface area contributed by atoms with Crippen LogP contribution < -0.4 is 5.73 Å². The van der Waals surface area contributed by atoms with Crippen LogP contribution in [-0.2, 0) is 11.3 Å². The zero-order chi connectivity index (χ0) is 12.3. The SMILES string of the molecule is Nc1ccc(C(=O)OCc2cccs2)cc1F. The summed E-state index contributed by atoms with van der Waals surface area (Å²) in [6, 6.07) is 7.59. The van der Waals surface area contributed by atoms with Crippen LogP contribution in [0.4, 0.5) is 10.1 Å². The van der Waals surface area contributed by atoms with Crippen molar-refractivity contribution in [2.75, 3.05) is 5.73 Å². The Labute approximate surface area is 102 Å². The molecule has 0 aliphatic heterocycles. The Morgan fingerprint density at radius 3 is 2.88 bits per heavy atom. The molecule has 0 amide bonds. The molecular formula is C12H10FNO2S. The number of benzene rings is 1. The molecule has 0 saturated heterocycles. The fourth-order valence-electron chi connectivity index (χ4n) is 1.27. The van der Waals surface area contributed by atoms with E-state index in [0.717, 1.165) is 10.9 Å². The van der Waals surface area contributed by atoms with Crippen molar-refractivity contribution >= 4 is 23.0 Å². The molecule has 2 rings (SSSR count). The largest absolute Gasteiger partial charge is 0.456 e. The fourth-order valence-corrected chi connectivity index (χ4v) is 1.88. The third-order valence-corrected chi connectivity index (χ3v) is 3.01. The maximum Gasteiger partial charge on any atom is 0.338 e. The third-order valence-electron chi connectivity index (χ3n) is 2.16. The van der Waals surface area contributed by atoms with Crippen molar-refractivity contribution in [3.05, 3.63) is 52.0 Å². The van der Waals surface area contributed by atoms with E-state index in [2.05, 4.69) is 0 Å². The molecule has 2 N–H and O–H groups in total. The van der Waals surface area contributed by atoms with E-state index < -0.39 is 11.8 Å². The van der Waals surface area contributed by atoms with Gasteiger partial charge in [-0.15, -0.1) is 11.3 Å². The van der Waals surface area contributed by atoms with E-state index in [1.54, 1.807) is 0 Å². The van der Waals surface area contributed by atoms with Crippen LogP contribution in [0, 0.1) is 5.82 Å². The Morgan fingerprint density at radius 2 is 2.24 bits per heavy atom. The number of esters is 1. The molecule has 0 atom stereocenters. The number of carbonyl (C=O) groups excluding carboxylic acids is 1. The van der Waals surface area contributed by atoms with Gasteiger partial charge in [0.05, 0.1) is 11.3 Å².